The van der Waals surface area contributed by atoms with Crippen LogP contribution in [0.2, 0.25) is 5.02 Å². The minimum atomic E-state index is -0.0238. The minimum Gasteiger partial charge on any atom is -0.315 e. The number of halogens is 1. The number of rotatable bonds is 5. The molecule has 158 valence electrons. The van der Waals surface area contributed by atoms with E-state index < -0.39 is 0 Å². The van der Waals surface area contributed by atoms with E-state index in [1.54, 1.807) is 11.3 Å². The summed E-state index contributed by atoms with van der Waals surface area (Å²) in [6.45, 7) is 7.13. The molecule has 0 spiro atoms. The number of nitriles is 1. The number of hydrogen-bond donors (Lipinski definition) is 1. The summed E-state index contributed by atoms with van der Waals surface area (Å²) in [4.78, 5) is 18.5. The van der Waals surface area contributed by atoms with E-state index in [1.807, 2.05) is 12.1 Å². The second-order valence-corrected chi connectivity index (χ2v) is 9.94. The Labute approximate surface area is 187 Å². The first-order valence-corrected chi connectivity index (χ1v) is 11.7. The topological polar surface area (TPSA) is 59.4 Å². The molecule has 0 radical (unpaired) electrons. The number of carbonyl (C=O) groups is 1. The molecule has 1 N–H and O–H groups in total. The first kappa shape index (κ1) is 21.3. The highest BCUT2D eigenvalue weighted by atomic mass is 35.5. The molecule has 2 heterocycles. The second kappa shape index (κ2) is 9.49. The zero-order chi connectivity index (χ0) is 21.1. The van der Waals surface area contributed by atoms with Gasteiger partial charge in [0.15, 0.2) is 0 Å². The van der Waals surface area contributed by atoms with Crippen LogP contribution < -0.4 is 5.32 Å². The standard InChI is InChI=1S/C23H27ClN4OS/c1-16-2-7-19-20(13-25)23(30-21(19)12-16)26-22(29)15-28-10-8-27(9-11-28)14-17-3-5-18(24)6-4-17/h3-6,16H,2,7-12,14-15H2,1H3,(H,26,29). The lowest BCUT2D eigenvalue weighted by atomic mass is 9.89. The highest BCUT2D eigenvalue weighted by molar-refractivity contribution is 7.16. The van der Waals surface area contributed by atoms with Crippen molar-refractivity contribution in [1.29, 1.82) is 5.26 Å². The number of thiophene rings is 1. The summed E-state index contributed by atoms with van der Waals surface area (Å²) >= 11 is 7.55. The van der Waals surface area contributed by atoms with Crippen LogP contribution in [0.25, 0.3) is 0 Å². The van der Waals surface area contributed by atoms with E-state index >= 15 is 0 Å². The zero-order valence-corrected chi connectivity index (χ0v) is 18.9. The fourth-order valence-electron chi connectivity index (χ4n) is 4.28. The summed E-state index contributed by atoms with van der Waals surface area (Å²) in [5.74, 6) is 0.625. The Morgan fingerprint density at radius 1 is 1.23 bits per heavy atom. The van der Waals surface area contributed by atoms with Crippen LogP contribution in [-0.2, 0) is 24.2 Å². The van der Waals surface area contributed by atoms with Gasteiger partial charge in [-0.05, 0) is 48.4 Å². The van der Waals surface area contributed by atoms with Crippen LogP contribution in [0.3, 0.4) is 0 Å². The van der Waals surface area contributed by atoms with Gasteiger partial charge in [0, 0.05) is 42.6 Å². The van der Waals surface area contributed by atoms with Crippen molar-refractivity contribution < 1.29 is 4.79 Å². The van der Waals surface area contributed by atoms with Crippen molar-refractivity contribution in [2.45, 2.75) is 32.7 Å². The summed E-state index contributed by atoms with van der Waals surface area (Å²) in [7, 11) is 0. The molecule has 1 aliphatic carbocycles. The number of fused-ring (bicyclic) bond motifs is 1. The molecule has 30 heavy (non-hydrogen) atoms. The van der Waals surface area contributed by atoms with E-state index in [1.165, 1.54) is 10.4 Å². The summed E-state index contributed by atoms with van der Waals surface area (Å²) in [5.41, 5.74) is 3.10. The first-order valence-electron chi connectivity index (χ1n) is 10.6. The first-order chi connectivity index (χ1) is 14.5. The lowest BCUT2D eigenvalue weighted by Crippen LogP contribution is -2.48. The molecule has 1 saturated heterocycles. The molecule has 0 bridgehead atoms. The van der Waals surface area contributed by atoms with Crippen LogP contribution in [0.4, 0.5) is 5.00 Å². The number of piperazine rings is 1. The van der Waals surface area contributed by atoms with Gasteiger partial charge < -0.3 is 5.32 Å². The van der Waals surface area contributed by atoms with Gasteiger partial charge in [0.25, 0.3) is 0 Å². The molecule has 1 aromatic carbocycles. The molecular weight excluding hydrogens is 416 g/mol. The number of benzene rings is 1. The van der Waals surface area contributed by atoms with Gasteiger partial charge >= 0.3 is 0 Å². The van der Waals surface area contributed by atoms with E-state index in [-0.39, 0.29) is 5.91 Å². The van der Waals surface area contributed by atoms with E-state index in [9.17, 15) is 10.1 Å². The van der Waals surface area contributed by atoms with Crippen LogP contribution in [0.15, 0.2) is 24.3 Å². The molecule has 0 saturated carbocycles. The van der Waals surface area contributed by atoms with Crippen LogP contribution in [0, 0.1) is 17.2 Å². The van der Waals surface area contributed by atoms with Gasteiger partial charge in [-0.1, -0.05) is 30.7 Å². The SMILES string of the molecule is CC1CCc2c(sc(NC(=O)CN3CCN(Cc4ccc(Cl)cc4)CC3)c2C#N)C1. The Morgan fingerprint density at radius 2 is 1.93 bits per heavy atom. The highest BCUT2D eigenvalue weighted by Gasteiger charge is 2.25. The van der Waals surface area contributed by atoms with Crippen molar-refractivity contribution in [2.24, 2.45) is 5.92 Å². The molecule has 2 aromatic rings. The fourth-order valence-corrected chi connectivity index (χ4v) is 5.78. The number of nitrogens with one attached hydrogen (secondary N) is 1. The van der Waals surface area contributed by atoms with Gasteiger partial charge in [-0.3, -0.25) is 14.6 Å². The Hall–Kier alpha value is -1.91. The molecule has 1 fully saturated rings. The summed E-state index contributed by atoms with van der Waals surface area (Å²) < 4.78 is 0. The predicted octanol–water partition coefficient (Wildman–Crippen LogP) is 4.15. The third-order valence-electron chi connectivity index (χ3n) is 6.03. The number of carbonyl (C=O) groups excluding carboxylic acids is 1. The zero-order valence-electron chi connectivity index (χ0n) is 17.3. The van der Waals surface area contributed by atoms with Crippen LogP contribution in [-0.4, -0.2) is 48.4 Å². The van der Waals surface area contributed by atoms with Crippen molar-refractivity contribution in [3.63, 3.8) is 0 Å². The minimum absolute atomic E-state index is 0.0238. The number of anilines is 1. The molecule has 2 aliphatic rings. The van der Waals surface area contributed by atoms with Crippen molar-refractivity contribution in [3.05, 3.63) is 50.9 Å². The maximum atomic E-state index is 12.6. The van der Waals surface area contributed by atoms with E-state index in [0.717, 1.165) is 67.6 Å². The van der Waals surface area contributed by atoms with Crippen LogP contribution in [0.5, 0.6) is 0 Å². The Kier molecular flexibility index (Phi) is 6.74. The summed E-state index contributed by atoms with van der Waals surface area (Å²) in [6, 6.07) is 10.3. The number of nitrogens with zero attached hydrogens (tertiary/aromatic N) is 3. The molecule has 4 rings (SSSR count). The van der Waals surface area contributed by atoms with E-state index in [4.69, 9.17) is 11.6 Å². The van der Waals surface area contributed by atoms with Crippen LogP contribution >= 0.6 is 22.9 Å². The lowest BCUT2D eigenvalue weighted by molar-refractivity contribution is -0.117. The van der Waals surface area contributed by atoms with Gasteiger partial charge in [-0.25, -0.2) is 0 Å². The Morgan fingerprint density at radius 3 is 2.63 bits per heavy atom. The summed E-state index contributed by atoms with van der Waals surface area (Å²) in [6.07, 6.45) is 3.08. The third-order valence-corrected chi connectivity index (χ3v) is 7.45. The van der Waals surface area contributed by atoms with Gasteiger partial charge in [0.05, 0.1) is 12.1 Å². The van der Waals surface area contributed by atoms with Gasteiger partial charge in [-0.15, -0.1) is 11.3 Å². The average Bonchev–Trinajstić information content (AvgIpc) is 3.06. The monoisotopic (exact) mass is 442 g/mol. The quantitative estimate of drug-likeness (QED) is 0.755. The maximum Gasteiger partial charge on any atom is 0.239 e. The van der Waals surface area contributed by atoms with Crippen molar-refractivity contribution in [3.8, 4) is 6.07 Å². The number of amides is 1. The van der Waals surface area contributed by atoms with Crippen LogP contribution in [0.1, 0.15) is 34.9 Å². The normalized spacial score (nSPS) is 19.8. The molecular formula is C23H27ClN4OS. The second-order valence-electron chi connectivity index (χ2n) is 8.39. The molecule has 7 heteroatoms. The summed E-state index contributed by atoms with van der Waals surface area (Å²) in [5, 5.41) is 14.1. The number of hydrogen-bond acceptors (Lipinski definition) is 5. The molecule has 5 nitrogen and oxygen atoms in total. The lowest BCUT2D eigenvalue weighted by Gasteiger charge is -2.34. The Balaban J connectivity index is 1.28. The Bertz CT molecular complexity index is 941. The molecule has 1 unspecified atom stereocenters. The fraction of sp³-hybridized carbons (Fsp3) is 0.478. The maximum absolute atomic E-state index is 12.6. The smallest absolute Gasteiger partial charge is 0.239 e. The highest BCUT2D eigenvalue weighted by Crippen LogP contribution is 2.39. The third kappa shape index (κ3) is 5.04. The molecule has 1 aliphatic heterocycles. The predicted molar refractivity (Wildman–Crippen MR) is 122 cm³/mol. The van der Waals surface area contributed by atoms with Gasteiger partial charge in [0.2, 0.25) is 5.91 Å². The average molecular weight is 443 g/mol. The molecule has 1 atom stereocenters. The van der Waals surface area contributed by atoms with Crippen molar-refractivity contribution in [2.75, 3.05) is 38.0 Å². The molecule has 1 aromatic heterocycles. The van der Waals surface area contributed by atoms with E-state index in [0.29, 0.717) is 18.0 Å². The molecule has 1 amide bonds. The van der Waals surface area contributed by atoms with Crippen molar-refractivity contribution in [1.82, 2.24) is 9.80 Å². The largest absolute Gasteiger partial charge is 0.315 e. The van der Waals surface area contributed by atoms with E-state index in [2.05, 4.69) is 40.2 Å². The van der Waals surface area contributed by atoms with Gasteiger partial charge in [0.1, 0.15) is 11.1 Å². The van der Waals surface area contributed by atoms with Crippen molar-refractivity contribution >= 4 is 33.8 Å². The van der Waals surface area contributed by atoms with Gasteiger partial charge in [-0.2, -0.15) is 5.26 Å².